The normalized spacial score (nSPS) is 22.5. The van der Waals surface area contributed by atoms with Gasteiger partial charge in [0.25, 0.3) is 0 Å². The summed E-state index contributed by atoms with van der Waals surface area (Å²) in [6, 6.07) is 6.66. The van der Waals surface area contributed by atoms with E-state index >= 15 is 0 Å². The van der Waals surface area contributed by atoms with E-state index in [-0.39, 0.29) is 17.2 Å². The van der Waals surface area contributed by atoms with Crippen molar-refractivity contribution in [3.63, 3.8) is 0 Å². The molecule has 1 N–H and O–H groups in total. The van der Waals surface area contributed by atoms with Crippen LogP contribution < -0.4 is 5.32 Å². The fourth-order valence-electron chi connectivity index (χ4n) is 5.72. The predicted octanol–water partition coefficient (Wildman–Crippen LogP) is 6.44. The molecule has 1 aliphatic carbocycles. The molecule has 39 heavy (non-hydrogen) atoms. The van der Waals surface area contributed by atoms with Crippen LogP contribution in [0.2, 0.25) is 0 Å². The minimum atomic E-state index is -0.783. The van der Waals surface area contributed by atoms with Gasteiger partial charge in [0.15, 0.2) is 0 Å². The molecular formula is C31H43FN4O3. The zero-order valence-corrected chi connectivity index (χ0v) is 24.2. The molecule has 0 unspecified atom stereocenters. The molecule has 0 spiro atoms. The molecule has 7 nitrogen and oxygen atoms in total. The van der Waals surface area contributed by atoms with E-state index in [1.807, 2.05) is 26.8 Å². The van der Waals surface area contributed by atoms with Gasteiger partial charge in [-0.05, 0) is 69.7 Å². The molecule has 4 rings (SSSR count). The van der Waals surface area contributed by atoms with E-state index in [0.29, 0.717) is 30.3 Å². The lowest BCUT2D eigenvalue weighted by Gasteiger charge is -2.33. The van der Waals surface area contributed by atoms with E-state index in [2.05, 4.69) is 10.3 Å². The summed E-state index contributed by atoms with van der Waals surface area (Å²) >= 11 is 0. The first-order valence-corrected chi connectivity index (χ1v) is 14.2. The van der Waals surface area contributed by atoms with Crippen molar-refractivity contribution in [2.75, 3.05) is 6.54 Å². The summed E-state index contributed by atoms with van der Waals surface area (Å²) in [6.45, 7) is 12.1. The lowest BCUT2D eigenvalue weighted by Crippen LogP contribution is -2.49. The van der Waals surface area contributed by atoms with Gasteiger partial charge in [-0.3, -0.25) is 9.69 Å². The number of hydrogen-bond acceptors (Lipinski definition) is 5. The monoisotopic (exact) mass is 538 g/mol. The third-order valence-electron chi connectivity index (χ3n) is 7.61. The van der Waals surface area contributed by atoms with E-state index in [9.17, 15) is 14.0 Å². The highest BCUT2D eigenvalue weighted by atomic mass is 19.1. The van der Waals surface area contributed by atoms with Crippen LogP contribution in [0.15, 0.2) is 36.5 Å². The molecule has 3 atom stereocenters. The van der Waals surface area contributed by atoms with Gasteiger partial charge in [0, 0.05) is 29.8 Å². The Balaban J connectivity index is 1.75. The van der Waals surface area contributed by atoms with Gasteiger partial charge in [0.1, 0.15) is 23.3 Å². The van der Waals surface area contributed by atoms with Crippen LogP contribution in [-0.2, 0) is 14.9 Å². The van der Waals surface area contributed by atoms with Gasteiger partial charge in [-0.15, -0.1) is 0 Å². The molecule has 2 fully saturated rings. The maximum absolute atomic E-state index is 14.5. The maximum Gasteiger partial charge on any atom is 0.411 e. The van der Waals surface area contributed by atoms with Crippen molar-refractivity contribution in [2.24, 2.45) is 5.92 Å². The second-order valence-corrected chi connectivity index (χ2v) is 13.0. The number of benzene rings is 1. The van der Waals surface area contributed by atoms with Crippen molar-refractivity contribution < 1.29 is 18.7 Å². The van der Waals surface area contributed by atoms with Crippen molar-refractivity contribution in [1.82, 2.24) is 20.2 Å². The van der Waals surface area contributed by atoms with Crippen LogP contribution in [0.5, 0.6) is 0 Å². The zero-order chi connectivity index (χ0) is 28.4. The number of hydrogen-bond donors (Lipinski definition) is 1. The first-order valence-electron chi connectivity index (χ1n) is 14.2. The van der Waals surface area contributed by atoms with Crippen LogP contribution in [0.25, 0.3) is 0 Å². The predicted molar refractivity (Wildman–Crippen MR) is 149 cm³/mol. The van der Waals surface area contributed by atoms with Gasteiger partial charge in [0.05, 0.1) is 6.04 Å². The number of carbonyl (C=O) groups excluding carboxylic acids is 2. The van der Waals surface area contributed by atoms with Crippen molar-refractivity contribution in [3.8, 4) is 0 Å². The molecule has 1 aromatic heterocycles. The smallest absolute Gasteiger partial charge is 0.411 e. The summed E-state index contributed by atoms with van der Waals surface area (Å²) in [5.41, 5.74) is 0.272. The molecule has 0 bridgehead atoms. The number of aromatic nitrogens is 2. The molecule has 1 aromatic carbocycles. The zero-order valence-electron chi connectivity index (χ0n) is 24.2. The molecule has 0 radical (unpaired) electrons. The topological polar surface area (TPSA) is 84.4 Å². The van der Waals surface area contributed by atoms with Crippen LogP contribution in [0.4, 0.5) is 9.18 Å². The summed E-state index contributed by atoms with van der Waals surface area (Å²) in [4.78, 5) is 38.4. The molecular weight excluding hydrogens is 495 g/mol. The third-order valence-corrected chi connectivity index (χ3v) is 7.61. The SMILES string of the molecule is CC(C)(C)OC(=O)N1[C@H](C(=O)NCC2CCCCC2)C[C@H](c2ccnc(C(C)(C)C)n2)[C@@H]1c1cccc(F)c1. The molecule has 8 heteroatoms. The summed E-state index contributed by atoms with van der Waals surface area (Å²) < 4.78 is 20.3. The molecule has 1 aliphatic heterocycles. The number of ether oxygens (including phenoxy) is 1. The highest BCUT2D eigenvalue weighted by Gasteiger charge is 2.50. The number of carbonyl (C=O) groups is 2. The Hall–Kier alpha value is -3.03. The van der Waals surface area contributed by atoms with E-state index < -0.39 is 29.6 Å². The molecule has 1 saturated carbocycles. The van der Waals surface area contributed by atoms with Crippen molar-refractivity contribution in [2.45, 2.75) is 109 Å². The molecule has 2 aromatic rings. The highest BCUT2D eigenvalue weighted by Crippen LogP contribution is 2.47. The Morgan fingerprint density at radius 3 is 2.44 bits per heavy atom. The average molecular weight is 539 g/mol. The Labute approximate surface area is 231 Å². The van der Waals surface area contributed by atoms with Gasteiger partial charge < -0.3 is 10.1 Å². The van der Waals surface area contributed by atoms with Gasteiger partial charge in [-0.1, -0.05) is 52.2 Å². The van der Waals surface area contributed by atoms with Crippen LogP contribution in [0, 0.1) is 11.7 Å². The molecule has 212 valence electrons. The van der Waals surface area contributed by atoms with Crippen LogP contribution in [0.3, 0.4) is 0 Å². The Bertz CT molecular complexity index is 1170. The summed E-state index contributed by atoms with van der Waals surface area (Å²) in [6.07, 6.45) is 7.28. The molecule has 2 amide bonds. The number of nitrogens with one attached hydrogen (secondary N) is 1. The van der Waals surface area contributed by atoms with Gasteiger partial charge in [-0.2, -0.15) is 0 Å². The Morgan fingerprint density at radius 1 is 1.08 bits per heavy atom. The van der Waals surface area contributed by atoms with Crippen LogP contribution in [0.1, 0.15) is 109 Å². The maximum atomic E-state index is 14.5. The molecule has 2 heterocycles. The Kier molecular flexibility index (Phi) is 8.62. The van der Waals surface area contributed by atoms with Gasteiger partial charge in [0.2, 0.25) is 5.91 Å². The van der Waals surface area contributed by atoms with Gasteiger partial charge in [-0.25, -0.2) is 19.2 Å². The number of halogens is 1. The standard InChI is InChI=1S/C31H43FN4O3/c1-30(2,3)28-33-16-15-24(35-28)23-18-25(27(37)34-19-20-11-8-7-9-12-20)36(29(38)39-31(4,5)6)26(23)21-13-10-14-22(32)17-21/h10,13-17,20,23,25-26H,7-9,11-12,18-19H2,1-6H3,(H,34,37)/t23-,25+,26+/m1/s1. The minimum absolute atomic E-state index is 0.208. The van der Waals surface area contributed by atoms with Crippen molar-refractivity contribution in [3.05, 3.63) is 59.4 Å². The number of nitrogens with zero attached hydrogens (tertiary/aromatic N) is 3. The quantitative estimate of drug-likeness (QED) is 0.473. The van der Waals surface area contributed by atoms with Crippen molar-refractivity contribution in [1.29, 1.82) is 0 Å². The molecule has 1 saturated heterocycles. The third kappa shape index (κ3) is 7.14. The van der Waals surface area contributed by atoms with Crippen molar-refractivity contribution >= 4 is 12.0 Å². The largest absolute Gasteiger partial charge is 0.444 e. The minimum Gasteiger partial charge on any atom is -0.444 e. The van der Waals surface area contributed by atoms with Crippen LogP contribution in [-0.4, -0.2) is 45.1 Å². The lowest BCUT2D eigenvalue weighted by molar-refractivity contribution is -0.126. The number of rotatable bonds is 5. The lowest BCUT2D eigenvalue weighted by atomic mass is 9.88. The first-order chi connectivity index (χ1) is 18.3. The summed E-state index contributed by atoms with van der Waals surface area (Å²) in [7, 11) is 0. The van der Waals surface area contributed by atoms with Crippen LogP contribution >= 0.6 is 0 Å². The second kappa shape index (κ2) is 11.6. The first kappa shape index (κ1) is 29.0. The fraction of sp³-hybridized carbons (Fsp3) is 0.613. The van der Waals surface area contributed by atoms with E-state index in [1.54, 1.807) is 39.1 Å². The summed E-state index contributed by atoms with van der Waals surface area (Å²) in [5, 5.41) is 3.14. The highest BCUT2D eigenvalue weighted by molar-refractivity contribution is 5.87. The van der Waals surface area contributed by atoms with E-state index in [1.165, 1.54) is 36.3 Å². The number of amides is 2. The Morgan fingerprint density at radius 2 is 1.79 bits per heavy atom. The molecule has 2 aliphatic rings. The second-order valence-electron chi connectivity index (χ2n) is 13.0. The summed E-state index contributed by atoms with van der Waals surface area (Å²) in [5.74, 6) is 0.157. The van der Waals surface area contributed by atoms with E-state index in [4.69, 9.17) is 9.72 Å². The fourth-order valence-corrected chi connectivity index (χ4v) is 5.72. The average Bonchev–Trinajstić information content (AvgIpc) is 3.28. The van der Waals surface area contributed by atoms with Gasteiger partial charge >= 0.3 is 6.09 Å². The number of likely N-dealkylation sites (tertiary alicyclic amines) is 1. The van der Waals surface area contributed by atoms with E-state index in [0.717, 1.165) is 18.5 Å².